The van der Waals surface area contributed by atoms with Gasteiger partial charge in [0.05, 0.1) is 11.7 Å². The number of nitrogen functional groups attached to an aromatic ring is 1. The molecule has 0 aliphatic heterocycles. The zero-order valence-electron chi connectivity index (χ0n) is 17.3. The Labute approximate surface area is 179 Å². The summed E-state index contributed by atoms with van der Waals surface area (Å²) in [7, 11) is 0. The van der Waals surface area contributed by atoms with Gasteiger partial charge >= 0.3 is 0 Å². The first-order valence-electron chi connectivity index (χ1n) is 9.89. The molecule has 0 atom stereocenters. The SMILES string of the molecule is CC(C)n1nc(-c2nc(OCc3ccccn3)c(N)nc2-c2ccccc2)ccc1=O. The predicted octanol–water partition coefficient (Wildman–Crippen LogP) is 3.50. The quantitative estimate of drug-likeness (QED) is 0.514. The van der Waals surface area contributed by atoms with Crippen molar-refractivity contribution >= 4 is 5.82 Å². The first kappa shape index (κ1) is 20.2. The maximum absolute atomic E-state index is 12.2. The van der Waals surface area contributed by atoms with Gasteiger partial charge < -0.3 is 10.5 Å². The van der Waals surface area contributed by atoms with Crippen LogP contribution in [0.4, 0.5) is 5.82 Å². The van der Waals surface area contributed by atoms with Crippen molar-refractivity contribution in [3.8, 4) is 28.5 Å². The molecule has 8 nitrogen and oxygen atoms in total. The Bertz CT molecular complexity index is 1240. The Morgan fingerprint density at radius 2 is 1.74 bits per heavy atom. The number of anilines is 1. The topological polar surface area (TPSA) is 109 Å². The van der Waals surface area contributed by atoms with Gasteiger partial charge in [-0.15, -0.1) is 0 Å². The molecule has 156 valence electrons. The van der Waals surface area contributed by atoms with Crippen LogP contribution in [0.5, 0.6) is 5.88 Å². The zero-order chi connectivity index (χ0) is 21.8. The molecule has 0 aliphatic carbocycles. The number of ether oxygens (including phenoxy) is 1. The second kappa shape index (κ2) is 8.74. The van der Waals surface area contributed by atoms with Gasteiger partial charge in [-0.25, -0.2) is 14.6 Å². The van der Waals surface area contributed by atoms with Crippen LogP contribution in [0.1, 0.15) is 25.6 Å². The van der Waals surface area contributed by atoms with E-state index in [1.807, 2.05) is 62.4 Å². The van der Waals surface area contributed by atoms with Crippen LogP contribution in [0.25, 0.3) is 22.6 Å². The largest absolute Gasteiger partial charge is 0.469 e. The Morgan fingerprint density at radius 1 is 0.968 bits per heavy atom. The minimum absolute atomic E-state index is 0.103. The zero-order valence-corrected chi connectivity index (χ0v) is 17.3. The van der Waals surface area contributed by atoms with Gasteiger partial charge in [-0.3, -0.25) is 9.78 Å². The van der Waals surface area contributed by atoms with Gasteiger partial charge in [0.15, 0.2) is 5.82 Å². The molecule has 0 radical (unpaired) electrons. The number of aromatic nitrogens is 5. The molecule has 4 rings (SSSR count). The third-order valence-electron chi connectivity index (χ3n) is 4.58. The van der Waals surface area contributed by atoms with E-state index >= 15 is 0 Å². The summed E-state index contributed by atoms with van der Waals surface area (Å²) in [5, 5.41) is 4.51. The van der Waals surface area contributed by atoms with Gasteiger partial charge in [-0.05, 0) is 32.0 Å². The van der Waals surface area contributed by atoms with Crippen LogP contribution in [0.15, 0.2) is 71.7 Å². The lowest BCUT2D eigenvalue weighted by molar-refractivity contribution is 0.290. The first-order chi connectivity index (χ1) is 15.0. The van der Waals surface area contributed by atoms with Gasteiger partial charge in [-0.1, -0.05) is 36.4 Å². The van der Waals surface area contributed by atoms with Gasteiger partial charge in [0, 0.05) is 17.8 Å². The average molecular weight is 414 g/mol. The Morgan fingerprint density at radius 3 is 2.45 bits per heavy atom. The molecule has 0 fully saturated rings. The van der Waals surface area contributed by atoms with Crippen molar-refractivity contribution in [1.29, 1.82) is 0 Å². The molecule has 3 aromatic heterocycles. The third-order valence-corrected chi connectivity index (χ3v) is 4.58. The molecule has 0 amide bonds. The van der Waals surface area contributed by atoms with Crippen LogP contribution in [0.2, 0.25) is 0 Å². The molecule has 0 bridgehead atoms. The number of nitrogens with two attached hydrogens (primary N) is 1. The summed E-state index contributed by atoms with van der Waals surface area (Å²) in [6.45, 7) is 3.99. The van der Waals surface area contributed by atoms with Crippen molar-refractivity contribution in [2.24, 2.45) is 0 Å². The van der Waals surface area contributed by atoms with E-state index in [0.717, 1.165) is 11.3 Å². The summed E-state index contributed by atoms with van der Waals surface area (Å²) >= 11 is 0. The minimum Gasteiger partial charge on any atom is -0.469 e. The number of rotatable bonds is 6. The van der Waals surface area contributed by atoms with Gasteiger partial charge in [0.2, 0.25) is 0 Å². The van der Waals surface area contributed by atoms with Crippen molar-refractivity contribution < 1.29 is 4.74 Å². The fourth-order valence-electron chi connectivity index (χ4n) is 3.06. The van der Waals surface area contributed by atoms with Gasteiger partial charge in [-0.2, -0.15) is 5.10 Å². The number of benzene rings is 1. The summed E-state index contributed by atoms with van der Waals surface area (Å²) in [6, 6.07) is 18.1. The first-order valence-corrected chi connectivity index (χ1v) is 9.89. The molecule has 31 heavy (non-hydrogen) atoms. The number of hydrogen-bond acceptors (Lipinski definition) is 7. The van der Waals surface area contributed by atoms with Crippen LogP contribution in [-0.2, 0) is 6.61 Å². The van der Waals surface area contributed by atoms with Crippen LogP contribution < -0.4 is 16.0 Å². The standard InChI is InChI=1S/C23H22N6O2/c1-15(2)29-19(30)12-11-18(28-29)21-20(16-8-4-3-5-9-16)26-22(24)23(27-21)31-14-17-10-6-7-13-25-17/h3-13,15H,14H2,1-2H3,(H2,24,26). The highest BCUT2D eigenvalue weighted by Crippen LogP contribution is 2.32. The molecule has 1 aromatic carbocycles. The van der Waals surface area contributed by atoms with Gasteiger partial charge in [0.1, 0.15) is 23.7 Å². The van der Waals surface area contributed by atoms with E-state index < -0.39 is 0 Å². The molecule has 0 aliphatic rings. The fourth-order valence-corrected chi connectivity index (χ4v) is 3.06. The van der Waals surface area contributed by atoms with Crippen molar-refractivity contribution in [3.05, 3.63) is 82.9 Å². The lowest BCUT2D eigenvalue weighted by Gasteiger charge is -2.14. The summed E-state index contributed by atoms with van der Waals surface area (Å²) in [5.41, 5.74) is 9.10. The van der Waals surface area contributed by atoms with Crippen molar-refractivity contribution in [1.82, 2.24) is 24.7 Å². The molecule has 3 heterocycles. The van der Waals surface area contributed by atoms with E-state index in [-0.39, 0.29) is 29.9 Å². The van der Waals surface area contributed by atoms with E-state index in [1.54, 1.807) is 12.3 Å². The average Bonchev–Trinajstić information content (AvgIpc) is 2.79. The maximum atomic E-state index is 12.2. The number of hydrogen-bond donors (Lipinski definition) is 1. The summed E-state index contributed by atoms with van der Waals surface area (Å²) in [4.78, 5) is 25.7. The van der Waals surface area contributed by atoms with E-state index in [0.29, 0.717) is 17.1 Å². The smallest absolute Gasteiger partial charge is 0.267 e. The molecular formula is C23H22N6O2. The Hall–Kier alpha value is -4.07. The van der Waals surface area contributed by atoms with E-state index in [9.17, 15) is 4.79 Å². The van der Waals surface area contributed by atoms with Crippen LogP contribution >= 0.6 is 0 Å². The highest BCUT2D eigenvalue weighted by Gasteiger charge is 2.19. The molecule has 8 heteroatoms. The predicted molar refractivity (Wildman–Crippen MR) is 118 cm³/mol. The lowest BCUT2D eigenvalue weighted by atomic mass is 10.1. The molecule has 0 saturated carbocycles. The van der Waals surface area contributed by atoms with Gasteiger partial charge in [0.25, 0.3) is 11.4 Å². The van der Waals surface area contributed by atoms with E-state index in [2.05, 4.69) is 20.1 Å². The summed E-state index contributed by atoms with van der Waals surface area (Å²) in [5.74, 6) is 0.347. The summed E-state index contributed by atoms with van der Waals surface area (Å²) in [6.07, 6.45) is 1.69. The van der Waals surface area contributed by atoms with Crippen molar-refractivity contribution in [2.45, 2.75) is 26.5 Å². The Kier molecular flexibility index (Phi) is 5.70. The molecule has 0 unspecified atom stereocenters. The number of pyridine rings is 1. The molecule has 0 spiro atoms. The van der Waals surface area contributed by atoms with E-state index in [1.165, 1.54) is 10.7 Å². The van der Waals surface area contributed by atoms with Crippen molar-refractivity contribution in [3.63, 3.8) is 0 Å². The Balaban J connectivity index is 1.82. The lowest BCUT2D eigenvalue weighted by Crippen LogP contribution is -2.24. The highest BCUT2D eigenvalue weighted by molar-refractivity contribution is 5.77. The molecule has 4 aromatic rings. The normalized spacial score (nSPS) is 10.9. The maximum Gasteiger partial charge on any atom is 0.267 e. The molecule has 0 saturated heterocycles. The van der Waals surface area contributed by atoms with Crippen LogP contribution in [-0.4, -0.2) is 24.7 Å². The monoisotopic (exact) mass is 414 g/mol. The third kappa shape index (κ3) is 4.42. The molecule has 2 N–H and O–H groups in total. The number of nitrogens with zero attached hydrogens (tertiary/aromatic N) is 5. The highest BCUT2D eigenvalue weighted by atomic mass is 16.5. The summed E-state index contributed by atoms with van der Waals surface area (Å²) < 4.78 is 7.23. The fraction of sp³-hybridized carbons (Fsp3) is 0.174. The van der Waals surface area contributed by atoms with E-state index in [4.69, 9.17) is 10.5 Å². The van der Waals surface area contributed by atoms with Crippen LogP contribution in [0.3, 0.4) is 0 Å². The molecular weight excluding hydrogens is 392 g/mol. The second-order valence-electron chi connectivity index (χ2n) is 7.18. The minimum atomic E-state index is -0.185. The van der Waals surface area contributed by atoms with Crippen molar-refractivity contribution in [2.75, 3.05) is 5.73 Å². The second-order valence-corrected chi connectivity index (χ2v) is 7.18. The van der Waals surface area contributed by atoms with Crippen LogP contribution in [0, 0.1) is 0 Å².